The molecule has 5 nitrogen and oxygen atoms in total. The number of nitrogens with one attached hydrogen (secondary N) is 3. The highest BCUT2D eigenvalue weighted by atomic mass is 16.5. The molecule has 23 heavy (non-hydrogen) atoms. The zero-order valence-electron chi connectivity index (χ0n) is 14.4. The first-order valence-corrected chi connectivity index (χ1v) is 8.39. The molecule has 0 saturated heterocycles. The Labute approximate surface area is 139 Å². The first-order valence-electron chi connectivity index (χ1n) is 8.39. The van der Waals surface area contributed by atoms with E-state index in [1.54, 1.807) is 0 Å². The van der Waals surface area contributed by atoms with E-state index in [0.29, 0.717) is 18.1 Å². The Balaban J connectivity index is 2.34. The molecule has 3 N–H and O–H groups in total. The van der Waals surface area contributed by atoms with Crippen LogP contribution in [0.5, 0.6) is 0 Å². The predicted octanol–water partition coefficient (Wildman–Crippen LogP) is 4.39. The molecule has 0 atom stereocenters. The maximum Gasteiger partial charge on any atom is 0.412 e. The van der Waals surface area contributed by atoms with Gasteiger partial charge in [-0.25, -0.2) is 4.79 Å². The lowest BCUT2D eigenvalue weighted by Gasteiger charge is -2.11. The van der Waals surface area contributed by atoms with E-state index >= 15 is 0 Å². The Kier molecular flexibility index (Phi) is 8.80. The van der Waals surface area contributed by atoms with Crippen molar-refractivity contribution >= 4 is 17.6 Å². The molecule has 0 aliphatic rings. The Morgan fingerprint density at radius 1 is 1.17 bits per heavy atom. The minimum Gasteiger partial charge on any atom is -0.449 e. The van der Waals surface area contributed by atoms with Gasteiger partial charge >= 0.3 is 6.09 Å². The van der Waals surface area contributed by atoms with Gasteiger partial charge in [0.15, 0.2) is 0 Å². The second-order valence-electron chi connectivity index (χ2n) is 6.05. The molecule has 0 aliphatic heterocycles. The van der Waals surface area contributed by atoms with Crippen LogP contribution in [-0.4, -0.2) is 25.1 Å². The molecule has 128 valence electrons. The van der Waals surface area contributed by atoms with E-state index in [0.717, 1.165) is 37.9 Å². The van der Waals surface area contributed by atoms with Crippen molar-refractivity contribution in [1.29, 1.82) is 5.41 Å². The molecule has 1 amide bonds. The predicted molar refractivity (Wildman–Crippen MR) is 95.2 cm³/mol. The molecule has 0 aliphatic carbocycles. The number of carbonyl (C=O) groups excluding carboxylic acids is 1. The van der Waals surface area contributed by atoms with E-state index in [4.69, 9.17) is 10.1 Å². The van der Waals surface area contributed by atoms with Crippen LogP contribution in [-0.2, 0) is 4.74 Å². The third kappa shape index (κ3) is 8.24. The summed E-state index contributed by atoms with van der Waals surface area (Å²) in [5, 5.41) is 13.7. The van der Waals surface area contributed by atoms with Crippen LogP contribution in [0.4, 0.5) is 10.5 Å². The quantitative estimate of drug-likeness (QED) is 0.359. The van der Waals surface area contributed by atoms with Crippen LogP contribution >= 0.6 is 0 Å². The monoisotopic (exact) mass is 319 g/mol. The first kappa shape index (κ1) is 19.0. The fraction of sp³-hybridized carbons (Fsp3) is 0.556. The number of hydrogen-bond donors (Lipinski definition) is 3. The van der Waals surface area contributed by atoms with E-state index < -0.39 is 6.09 Å². The highest BCUT2D eigenvalue weighted by Gasteiger charge is 2.07. The van der Waals surface area contributed by atoms with Gasteiger partial charge in [-0.2, -0.15) is 0 Å². The normalized spacial score (nSPS) is 10.4. The second kappa shape index (κ2) is 10.6. The third-order valence-corrected chi connectivity index (χ3v) is 3.35. The minimum absolute atomic E-state index is 0.0546. The second-order valence-corrected chi connectivity index (χ2v) is 6.05. The molecule has 1 rings (SSSR count). The van der Waals surface area contributed by atoms with Crippen LogP contribution in [0.1, 0.15) is 52.0 Å². The molecule has 1 aromatic rings. The lowest BCUT2D eigenvalue weighted by molar-refractivity contribution is 0.149. The molecule has 0 saturated carbocycles. The zero-order valence-corrected chi connectivity index (χ0v) is 14.4. The SMILES string of the molecule is CCCCCCOC(=O)NC(=N)c1ccc(NCC(C)C)cc1. The van der Waals surface area contributed by atoms with E-state index in [-0.39, 0.29) is 5.84 Å². The number of amides is 1. The van der Waals surface area contributed by atoms with Gasteiger partial charge in [0.25, 0.3) is 0 Å². The minimum atomic E-state index is -0.562. The maximum atomic E-state index is 11.6. The summed E-state index contributed by atoms with van der Waals surface area (Å²) in [5.41, 5.74) is 1.66. The summed E-state index contributed by atoms with van der Waals surface area (Å²) in [4.78, 5) is 11.6. The zero-order chi connectivity index (χ0) is 17.1. The van der Waals surface area contributed by atoms with Crippen molar-refractivity contribution < 1.29 is 9.53 Å². The standard InChI is InChI=1S/C18H29N3O2/c1-4-5-6-7-12-23-18(22)21-17(19)15-8-10-16(11-9-15)20-13-14(2)3/h8-11,14,20H,4-7,12-13H2,1-3H3,(H2,19,21,22). The average Bonchev–Trinajstić information content (AvgIpc) is 2.53. The van der Waals surface area contributed by atoms with E-state index in [9.17, 15) is 4.79 Å². The average molecular weight is 319 g/mol. The van der Waals surface area contributed by atoms with Gasteiger partial charge in [-0.05, 0) is 36.6 Å². The molecular weight excluding hydrogens is 290 g/mol. The number of carbonyl (C=O) groups is 1. The van der Waals surface area contributed by atoms with Crippen LogP contribution < -0.4 is 10.6 Å². The van der Waals surface area contributed by atoms with Gasteiger partial charge in [-0.15, -0.1) is 0 Å². The number of benzene rings is 1. The molecule has 0 radical (unpaired) electrons. The van der Waals surface area contributed by atoms with Crippen molar-refractivity contribution in [3.8, 4) is 0 Å². The van der Waals surface area contributed by atoms with Gasteiger partial charge in [0.1, 0.15) is 5.84 Å². The van der Waals surface area contributed by atoms with E-state index in [1.165, 1.54) is 0 Å². The fourth-order valence-corrected chi connectivity index (χ4v) is 1.98. The van der Waals surface area contributed by atoms with Crippen molar-refractivity contribution in [2.24, 2.45) is 5.92 Å². The summed E-state index contributed by atoms with van der Waals surface area (Å²) in [5.74, 6) is 0.626. The maximum absolute atomic E-state index is 11.6. The van der Waals surface area contributed by atoms with Crippen LogP contribution in [0.15, 0.2) is 24.3 Å². The Bertz CT molecular complexity index is 484. The molecule has 0 unspecified atom stereocenters. The summed E-state index contributed by atoms with van der Waals surface area (Å²) in [7, 11) is 0. The van der Waals surface area contributed by atoms with Gasteiger partial charge < -0.3 is 10.1 Å². The largest absolute Gasteiger partial charge is 0.449 e. The summed E-state index contributed by atoms with van der Waals surface area (Å²) in [6.45, 7) is 7.73. The summed E-state index contributed by atoms with van der Waals surface area (Å²) in [6, 6.07) is 7.44. The highest BCUT2D eigenvalue weighted by molar-refractivity contribution is 6.04. The number of ether oxygens (including phenoxy) is 1. The Hall–Kier alpha value is -2.04. The van der Waals surface area contributed by atoms with Crippen molar-refractivity contribution in [2.45, 2.75) is 46.5 Å². The smallest absolute Gasteiger partial charge is 0.412 e. The van der Waals surface area contributed by atoms with Crippen molar-refractivity contribution in [1.82, 2.24) is 5.32 Å². The van der Waals surface area contributed by atoms with Crippen LogP contribution in [0.2, 0.25) is 0 Å². The topological polar surface area (TPSA) is 74.2 Å². The summed E-state index contributed by atoms with van der Waals surface area (Å²) < 4.78 is 5.07. The molecule has 0 fully saturated rings. The number of unbranched alkanes of at least 4 members (excludes halogenated alkanes) is 3. The molecule has 1 aromatic carbocycles. The van der Waals surface area contributed by atoms with Gasteiger partial charge in [-0.3, -0.25) is 10.7 Å². The Morgan fingerprint density at radius 3 is 2.48 bits per heavy atom. The van der Waals surface area contributed by atoms with Gasteiger partial charge in [0.2, 0.25) is 0 Å². The summed E-state index contributed by atoms with van der Waals surface area (Å²) in [6.07, 6.45) is 3.67. The van der Waals surface area contributed by atoms with Crippen LogP contribution in [0, 0.1) is 11.3 Å². The van der Waals surface area contributed by atoms with Crippen molar-refractivity contribution in [2.75, 3.05) is 18.5 Å². The number of hydrogen-bond acceptors (Lipinski definition) is 4. The van der Waals surface area contributed by atoms with Gasteiger partial charge in [0.05, 0.1) is 6.61 Å². The van der Waals surface area contributed by atoms with Crippen LogP contribution in [0.3, 0.4) is 0 Å². The van der Waals surface area contributed by atoms with E-state index in [1.807, 2.05) is 24.3 Å². The number of alkyl carbamates (subject to hydrolysis) is 1. The molecule has 0 aromatic heterocycles. The fourth-order valence-electron chi connectivity index (χ4n) is 1.98. The van der Waals surface area contributed by atoms with Crippen molar-refractivity contribution in [3.05, 3.63) is 29.8 Å². The first-order chi connectivity index (χ1) is 11.0. The molecular formula is C18H29N3O2. The van der Waals surface area contributed by atoms with Crippen LogP contribution in [0.25, 0.3) is 0 Å². The lowest BCUT2D eigenvalue weighted by Crippen LogP contribution is -2.31. The molecule has 0 bridgehead atoms. The van der Waals surface area contributed by atoms with Gasteiger partial charge in [0, 0.05) is 17.8 Å². The third-order valence-electron chi connectivity index (χ3n) is 3.35. The molecule has 0 heterocycles. The van der Waals surface area contributed by atoms with E-state index in [2.05, 4.69) is 31.4 Å². The number of amidine groups is 1. The lowest BCUT2D eigenvalue weighted by atomic mass is 10.1. The molecule has 5 heteroatoms. The highest BCUT2D eigenvalue weighted by Crippen LogP contribution is 2.10. The van der Waals surface area contributed by atoms with Gasteiger partial charge in [-0.1, -0.05) is 40.0 Å². The number of rotatable bonds is 9. The Morgan fingerprint density at radius 2 is 1.87 bits per heavy atom. The number of anilines is 1. The summed E-state index contributed by atoms with van der Waals surface area (Å²) >= 11 is 0. The molecule has 0 spiro atoms. The van der Waals surface area contributed by atoms with Crippen molar-refractivity contribution in [3.63, 3.8) is 0 Å².